The Labute approximate surface area is 77.8 Å². The van der Waals surface area contributed by atoms with Crippen molar-refractivity contribution in [3.8, 4) is 0 Å². The van der Waals surface area contributed by atoms with Crippen LogP contribution in [0.2, 0.25) is 0 Å². The molecule has 0 heterocycles. The highest BCUT2D eigenvalue weighted by molar-refractivity contribution is 7.81. The lowest BCUT2D eigenvalue weighted by Crippen LogP contribution is -2.11. The van der Waals surface area contributed by atoms with E-state index in [0.717, 1.165) is 12.8 Å². The van der Waals surface area contributed by atoms with E-state index in [2.05, 4.69) is 4.18 Å². The van der Waals surface area contributed by atoms with E-state index in [1.807, 2.05) is 6.92 Å². The molecule has 0 saturated carbocycles. The first-order valence-electron chi connectivity index (χ1n) is 3.65. The molecule has 0 aliphatic rings. The van der Waals surface area contributed by atoms with Crippen molar-refractivity contribution in [2.75, 3.05) is 0 Å². The fraction of sp³-hybridized carbons (Fsp3) is 0.833. The van der Waals surface area contributed by atoms with Crippen LogP contribution in [-0.4, -0.2) is 18.9 Å². The van der Waals surface area contributed by atoms with Gasteiger partial charge in [-0.3, -0.25) is 9.35 Å². The van der Waals surface area contributed by atoms with Crippen molar-refractivity contribution < 1.29 is 21.9 Å². The fourth-order valence-corrected chi connectivity index (χ4v) is 0.997. The monoisotopic (exact) mass is 213 g/mol. The third kappa shape index (κ3) is 11.3. The van der Waals surface area contributed by atoms with Crippen LogP contribution in [0.5, 0.6) is 0 Å². The molecule has 0 amide bonds. The van der Waals surface area contributed by atoms with E-state index < -0.39 is 16.4 Å². The average Bonchev–Trinajstić information content (AvgIpc) is 1.84. The van der Waals surface area contributed by atoms with E-state index in [-0.39, 0.29) is 12.6 Å². The van der Waals surface area contributed by atoms with Gasteiger partial charge < -0.3 is 10.3 Å². The predicted octanol–water partition coefficient (Wildman–Crippen LogP) is 1.07. The van der Waals surface area contributed by atoms with Crippen molar-refractivity contribution in [1.82, 2.24) is 6.15 Å². The number of carbonyl (C=O) groups excluding carboxylic acids is 1. The SMILES string of the molecule is CCCCCC(=O)OS(=O)(=O)O.N. The van der Waals surface area contributed by atoms with Gasteiger partial charge in [-0.25, -0.2) is 0 Å². The normalized spacial score (nSPS) is 10.3. The average molecular weight is 213 g/mol. The van der Waals surface area contributed by atoms with Crippen molar-refractivity contribution in [3.63, 3.8) is 0 Å². The van der Waals surface area contributed by atoms with E-state index in [0.29, 0.717) is 6.42 Å². The van der Waals surface area contributed by atoms with Crippen LogP contribution in [0.4, 0.5) is 0 Å². The van der Waals surface area contributed by atoms with Crippen LogP contribution in [-0.2, 0) is 19.4 Å². The highest BCUT2D eigenvalue weighted by Gasteiger charge is 2.11. The number of hydrogen-bond acceptors (Lipinski definition) is 5. The summed E-state index contributed by atoms with van der Waals surface area (Å²) in [6.45, 7) is 1.95. The van der Waals surface area contributed by atoms with E-state index in [1.54, 1.807) is 0 Å². The Balaban J connectivity index is 0. The van der Waals surface area contributed by atoms with Crippen LogP contribution in [0.15, 0.2) is 0 Å². The molecule has 0 aromatic carbocycles. The van der Waals surface area contributed by atoms with Crippen LogP contribution in [0.25, 0.3) is 0 Å². The third-order valence-corrected chi connectivity index (χ3v) is 1.58. The molecule has 6 nitrogen and oxygen atoms in total. The van der Waals surface area contributed by atoms with Gasteiger partial charge in [-0.05, 0) is 6.42 Å². The van der Waals surface area contributed by atoms with Crippen LogP contribution < -0.4 is 6.15 Å². The van der Waals surface area contributed by atoms with Crippen molar-refractivity contribution >= 4 is 16.4 Å². The van der Waals surface area contributed by atoms with Crippen LogP contribution in [0.3, 0.4) is 0 Å². The second-order valence-electron chi connectivity index (χ2n) is 2.34. The molecule has 0 spiro atoms. The fourth-order valence-electron chi connectivity index (χ4n) is 0.678. The zero-order valence-electron chi connectivity index (χ0n) is 7.52. The topological polar surface area (TPSA) is 116 Å². The van der Waals surface area contributed by atoms with Crippen LogP contribution >= 0.6 is 0 Å². The zero-order chi connectivity index (χ0) is 9.61. The Bertz CT molecular complexity index is 235. The number of carbonyl (C=O) groups is 1. The van der Waals surface area contributed by atoms with Gasteiger partial charge in [-0.2, -0.15) is 8.42 Å². The van der Waals surface area contributed by atoms with Crippen molar-refractivity contribution in [2.45, 2.75) is 32.6 Å². The van der Waals surface area contributed by atoms with Crippen molar-refractivity contribution in [2.24, 2.45) is 0 Å². The van der Waals surface area contributed by atoms with Crippen LogP contribution in [0, 0.1) is 0 Å². The molecule has 0 saturated heterocycles. The van der Waals surface area contributed by atoms with Gasteiger partial charge in [0.05, 0.1) is 0 Å². The summed E-state index contributed by atoms with van der Waals surface area (Å²) in [5.74, 6) is -0.911. The Morgan fingerprint density at radius 3 is 2.31 bits per heavy atom. The second kappa shape index (κ2) is 6.81. The van der Waals surface area contributed by atoms with E-state index >= 15 is 0 Å². The minimum atomic E-state index is -4.61. The summed E-state index contributed by atoms with van der Waals surface area (Å²) in [5.41, 5.74) is 0. The van der Waals surface area contributed by atoms with Gasteiger partial charge in [0.1, 0.15) is 0 Å². The summed E-state index contributed by atoms with van der Waals surface area (Å²) >= 11 is 0. The Morgan fingerprint density at radius 2 is 1.92 bits per heavy atom. The first kappa shape index (κ1) is 14.8. The molecular weight excluding hydrogens is 198 g/mol. The lowest BCUT2D eigenvalue weighted by molar-refractivity contribution is -0.134. The molecular formula is C6H15NO5S. The molecule has 7 heteroatoms. The molecule has 4 N–H and O–H groups in total. The highest BCUT2D eigenvalue weighted by Crippen LogP contribution is 2.01. The van der Waals surface area contributed by atoms with E-state index in [1.165, 1.54) is 0 Å². The molecule has 0 rings (SSSR count). The smallest absolute Gasteiger partial charge is 0.344 e. The maximum atomic E-state index is 10.6. The molecule has 0 aromatic rings. The number of rotatable bonds is 5. The molecule has 0 aromatic heterocycles. The lowest BCUT2D eigenvalue weighted by Gasteiger charge is -1.98. The number of unbranched alkanes of at least 4 members (excludes halogenated alkanes) is 2. The molecule has 0 bridgehead atoms. The molecule has 13 heavy (non-hydrogen) atoms. The van der Waals surface area contributed by atoms with Crippen LogP contribution in [0.1, 0.15) is 32.6 Å². The van der Waals surface area contributed by atoms with Gasteiger partial charge in [0, 0.05) is 6.42 Å². The maximum absolute atomic E-state index is 10.6. The summed E-state index contributed by atoms with van der Waals surface area (Å²) in [7, 11) is -4.61. The Morgan fingerprint density at radius 1 is 1.38 bits per heavy atom. The van der Waals surface area contributed by atoms with Gasteiger partial charge in [0.15, 0.2) is 0 Å². The molecule has 0 fully saturated rings. The molecule has 0 unspecified atom stereocenters. The largest absolute Gasteiger partial charge is 0.448 e. The van der Waals surface area contributed by atoms with Crippen molar-refractivity contribution in [1.29, 1.82) is 0 Å². The Hall–Kier alpha value is -0.660. The quantitative estimate of drug-likeness (QED) is 0.521. The zero-order valence-corrected chi connectivity index (χ0v) is 8.34. The summed E-state index contributed by atoms with van der Waals surface area (Å²) in [6.07, 6.45) is 2.36. The Kier molecular flexibility index (Phi) is 7.78. The van der Waals surface area contributed by atoms with E-state index in [4.69, 9.17) is 4.55 Å². The molecule has 0 radical (unpaired) electrons. The summed E-state index contributed by atoms with van der Waals surface area (Å²) in [6, 6.07) is 0. The van der Waals surface area contributed by atoms with Gasteiger partial charge in [0.25, 0.3) is 0 Å². The lowest BCUT2D eigenvalue weighted by atomic mass is 10.2. The van der Waals surface area contributed by atoms with Gasteiger partial charge in [-0.1, -0.05) is 19.8 Å². The van der Waals surface area contributed by atoms with Gasteiger partial charge in [0.2, 0.25) is 0 Å². The van der Waals surface area contributed by atoms with Gasteiger partial charge >= 0.3 is 16.4 Å². The van der Waals surface area contributed by atoms with Gasteiger partial charge in [-0.15, -0.1) is 0 Å². The maximum Gasteiger partial charge on any atom is 0.448 e. The molecule has 0 aliphatic carbocycles. The minimum absolute atomic E-state index is 0. The first-order chi connectivity index (χ1) is 5.45. The number of hydrogen-bond donors (Lipinski definition) is 2. The summed E-state index contributed by atoms with van der Waals surface area (Å²) < 4.78 is 31.7. The molecule has 0 aliphatic heterocycles. The standard InChI is InChI=1S/C6H12O5S.H3N/c1-2-3-4-5-6(7)11-12(8,9)10;/h2-5H2,1H3,(H,8,9,10);1H3. The van der Waals surface area contributed by atoms with E-state index in [9.17, 15) is 13.2 Å². The minimum Gasteiger partial charge on any atom is -0.344 e. The molecule has 80 valence electrons. The molecule has 0 atom stereocenters. The highest BCUT2D eigenvalue weighted by atomic mass is 32.3. The predicted molar refractivity (Wildman–Crippen MR) is 46.8 cm³/mol. The summed E-state index contributed by atoms with van der Waals surface area (Å²) in [5, 5.41) is 0. The second-order valence-corrected chi connectivity index (χ2v) is 3.36. The third-order valence-electron chi connectivity index (χ3n) is 1.18. The first-order valence-corrected chi connectivity index (χ1v) is 5.02. The summed E-state index contributed by atoms with van der Waals surface area (Å²) in [4.78, 5) is 10.6. The van der Waals surface area contributed by atoms with Crippen molar-refractivity contribution in [3.05, 3.63) is 0 Å².